The molecule has 190 valence electrons. The van der Waals surface area contributed by atoms with E-state index in [2.05, 4.69) is 6.07 Å². The molecule has 0 atom stereocenters. The van der Waals surface area contributed by atoms with Gasteiger partial charge in [-0.05, 0) is 66.9 Å². The Labute approximate surface area is 231 Å². The molecule has 0 fully saturated rings. The third-order valence-electron chi connectivity index (χ3n) is 6.43. The summed E-state index contributed by atoms with van der Waals surface area (Å²) < 4.78 is 1.97. The first-order chi connectivity index (χ1) is 18.9. The van der Waals surface area contributed by atoms with Crippen LogP contribution in [-0.2, 0) is 0 Å². The summed E-state index contributed by atoms with van der Waals surface area (Å²) >= 11 is 6.20. The van der Waals surface area contributed by atoms with Crippen LogP contribution in [0.2, 0.25) is 5.02 Å². The third kappa shape index (κ3) is 5.22. The summed E-state index contributed by atoms with van der Waals surface area (Å²) in [6.45, 7) is 4.03. The van der Waals surface area contributed by atoms with Gasteiger partial charge in [0.15, 0.2) is 5.82 Å². The van der Waals surface area contributed by atoms with Crippen LogP contribution in [0.4, 0.5) is 11.5 Å². The molecule has 5 rings (SSSR count). The lowest BCUT2D eigenvalue weighted by Crippen LogP contribution is -1.98. The highest BCUT2D eigenvalue weighted by Gasteiger charge is 2.26. The molecule has 39 heavy (non-hydrogen) atoms. The molecule has 1 aromatic heterocycles. The molecule has 1 heterocycles. The lowest BCUT2D eigenvalue weighted by Gasteiger charge is -2.14. The van der Waals surface area contributed by atoms with Crippen LogP contribution < -0.4 is 0 Å². The van der Waals surface area contributed by atoms with Crippen molar-refractivity contribution in [3.05, 3.63) is 134 Å². The Balaban J connectivity index is 1.87. The largest absolute Gasteiger partial charge is 0.293 e. The lowest BCUT2D eigenvalue weighted by molar-refractivity contribution is -0.384. The molecule has 0 saturated carbocycles. The first-order valence-corrected chi connectivity index (χ1v) is 12.6. The minimum absolute atomic E-state index is 0.0219. The number of aliphatic imine (C=N–C) groups is 1. The lowest BCUT2D eigenvalue weighted by atomic mass is 9.97. The molecule has 0 unspecified atom stereocenters. The summed E-state index contributed by atoms with van der Waals surface area (Å²) in [4.78, 5) is 15.7. The average Bonchev–Trinajstić information content (AvgIpc) is 3.27. The van der Waals surface area contributed by atoms with Crippen LogP contribution in [0.3, 0.4) is 0 Å². The predicted octanol–water partition coefficient (Wildman–Crippen LogP) is 8.61. The predicted molar refractivity (Wildman–Crippen MR) is 156 cm³/mol. The number of nitro benzene ring substituents is 1. The molecular weight excluding hydrogens is 508 g/mol. The summed E-state index contributed by atoms with van der Waals surface area (Å²) in [5, 5.41) is 22.4. The number of hydrogen-bond donors (Lipinski definition) is 0. The summed E-state index contributed by atoms with van der Waals surface area (Å²) in [7, 11) is 0. The fraction of sp³-hybridized carbons (Fsp3) is 0.0625. The molecule has 0 amide bonds. The summed E-state index contributed by atoms with van der Waals surface area (Å²) in [6, 6.07) is 32.0. The van der Waals surface area contributed by atoms with Gasteiger partial charge in [0.1, 0.15) is 11.6 Å². The number of aryl methyl sites for hydroxylation is 2. The van der Waals surface area contributed by atoms with Crippen molar-refractivity contribution in [2.75, 3.05) is 0 Å². The van der Waals surface area contributed by atoms with Crippen LogP contribution >= 0.6 is 11.6 Å². The maximum atomic E-state index is 11.3. The Morgan fingerprint density at radius 1 is 0.897 bits per heavy atom. The van der Waals surface area contributed by atoms with Gasteiger partial charge >= 0.3 is 0 Å². The van der Waals surface area contributed by atoms with Crippen LogP contribution in [0.15, 0.2) is 102 Å². The Morgan fingerprint density at radius 3 is 2.10 bits per heavy atom. The van der Waals surface area contributed by atoms with E-state index in [1.165, 1.54) is 12.1 Å². The monoisotopic (exact) mass is 530 g/mol. The van der Waals surface area contributed by atoms with Crippen LogP contribution in [0.5, 0.6) is 0 Å². The van der Waals surface area contributed by atoms with E-state index in [0.29, 0.717) is 27.5 Å². The van der Waals surface area contributed by atoms with Crippen LogP contribution in [0, 0.1) is 35.3 Å². The zero-order valence-corrected chi connectivity index (χ0v) is 22.1. The fourth-order valence-corrected chi connectivity index (χ4v) is 4.67. The van der Waals surface area contributed by atoms with Crippen molar-refractivity contribution in [2.45, 2.75) is 13.8 Å². The van der Waals surface area contributed by atoms with E-state index in [-0.39, 0.29) is 5.69 Å². The number of benzene rings is 4. The molecule has 0 aliphatic heterocycles. The maximum Gasteiger partial charge on any atom is 0.269 e. The standard InChI is InChI=1S/C32H23ClN4O2/c1-21-6-10-25(11-7-21)31-30(24-12-16-28(17-13-24)37(38)39)29(19-34)32(35-20-23-4-3-5-26(33)18-23)36(31)27-14-8-22(2)9-15-27/h3-18,20H,1-2H3/b35-20+. The molecule has 5 aromatic rings. The van der Waals surface area contributed by atoms with Gasteiger partial charge in [-0.15, -0.1) is 0 Å². The zero-order valence-electron chi connectivity index (χ0n) is 21.3. The molecule has 0 saturated heterocycles. The Hall–Kier alpha value is -4.99. The Bertz CT molecular complexity index is 1740. The first kappa shape index (κ1) is 25.7. The molecule has 0 aliphatic carbocycles. The topological polar surface area (TPSA) is 84.2 Å². The number of halogens is 1. The highest BCUT2D eigenvalue weighted by atomic mass is 35.5. The molecule has 0 bridgehead atoms. The van der Waals surface area contributed by atoms with Gasteiger partial charge in [-0.25, -0.2) is 4.99 Å². The second-order valence-corrected chi connectivity index (χ2v) is 9.62. The van der Waals surface area contributed by atoms with E-state index in [4.69, 9.17) is 16.6 Å². The van der Waals surface area contributed by atoms with Crippen molar-refractivity contribution >= 4 is 29.3 Å². The highest BCUT2D eigenvalue weighted by Crippen LogP contribution is 2.45. The van der Waals surface area contributed by atoms with Crippen molar-refractivity contribution in [2.24, 2.45) is 4.99 Å². The minimum Gasteiger partial charge on any atom is -0.293 e. The van der Waals surface area contributed by atoms with Crippen molar-refractivity contribution in [1.29, 1.82) is 5.26 Å². The summed E-state index contributed by atoms with van der Waals surface area (Å²) in [5.41, 5.74) is 7.14. The molecule has 0 aliphatic rings. The van der Waals surface area contributed by atoms with E-state index in [1.54, 1.807) is 30.5 Å². The van der Waals surface area contributed by atoms with Gasteiger partial charge in [-0.2, -0.15) is 5.26 Å². The van der Waals surface area contributed by atoms with Gasteiger partial charge in [-0.3, -0.25) is 14.7 Å². The van der Waals surface area contributed by atoms with Crippen LogP contribution in [-0.4, -0.2) is 15.7 Å². The molecule has 0 radical (unpaired) electrons. The highest BCUT2D eigenvalue weighted by molar-refractivity contribution is 6.30. The number of non-ortho nitro benzene ring substituents is 1. The molecule has 0 spiro atoms. The maximum absolute atomic E-state index is 11.3. The van der Waals surface area contributed by atoms with Gasteiger partial charge in [0, 0.05) is 34.6 Å². The van der Waals surface area contributed by atoms with Crippen LogP contribution in [0.25, 0.3) is 28.1 Å². The summed E-state index contributed by atoms with van der Waals surface area (Å²) in [6.07, 6.45) is 1.69. The fourth-order valence-electron chi connectivity index (χ4n) is 4.47. The van der Waals surface area contributed by atoms with Gasteiger partial charge in [0.05, 0.1) is 10.6 Å². The normalized spacial score (nSPS) is 11.0. The van der Waals surface area contributed by atoms with E-state index < -0.39 is 4.92 Å². The molecule has 6 nitrogen and oxygen atoms in total. The quantitative estimate of drug-likeness (QED) is 0.125. The second kappa shape index (κ2) is 10.8. The van der Waals surface area contributed by atoms with Crippen molar-refractivity contribution in [3.8, 4) is 34.1 Å². The Kier molecular flexibility index (Phi) is 7.09. The number of nitrogens with zero attached hydrogens (tertiary/aromatic N) is 4. The third-order valence-corrected chi connectivity index (χ3v) is 6.66. The van der Waals surface area contributed by atoms with Crippen molar-refractivity contribution < 1.29 is 4.92 Å². The molecule has 4 aromatic carbocycles. The van der Waals surface area contributed by atoms with Gasteiger partial charge in [0.2, 0.25) is 0 Å². The number of hydrogen-bond acceptors (Lipinski definition) is 4. The number of rotatable bonds is 6. The van der Waals surface area contributed by atoms with Crippen LogP contribution in [0.1, 0.15) is 22.3 Å². The number of nitro groups is 1. The van der Waals surface area contributed by atoms with Crippen molar-refractivity contribution in [1.82, 2.24) is 4.57 Å². The van der Waals surface area contributed by atoms with E-state index >= 15 is 0 Å². The van der Waals surface area contributed by atoms with E-state index in [0.717, 1.165) is 33.6 Å². The second-order valence-electron chi connectivity index (χ2n) is 9.19. The molecular formula is C32H23ClN4O2. The number of nitriles is 1. The van der Waals surface area contributed by atoms with Gasteiger partial charge in [-0.1, -0.05) is 71.3 Å². The summed E-state index contributed by atoms with van der Waals surface area (Å²) in [5.74, 6) is 0.449. The van der Waals surface area contributed by atoms with Gasteiger partial charge in [0.25, 0.3) is 5.69 Å². The smallest absolute Gasteiger partial charge is 0.269 e. The zero-order chi connectivity index (χ0) is 27.5. The molecule has 7 heteroatoms. The first-order valence-electron chi connectivity index (χ1n) is 12.2. The SMILES string of the molecule is Cc1ccc(-c2c(-c3ccc([N+](=O)[O-])cc3)c(C#N)c(/N=C/c3cccc(Cl)c3)n2-c2ccc(C)cc2)cc1. The van der Waals surface area contributed by atoms with Gasteiger partial charge < -0.3 is 0 Å². The van der Waals surface area contributed by atoms with E-state index in [1.807, 2.05) is 79.1 Å². The average molecular weight is 531 g/mol. The Morgan fingerprint density at radius 2 is 1.51 bits per heavy atom. The van der Waals surface area contributed by atoms with Crippen molar-refractivity contribution in [3.63, 3.8) is 0 Å². The molecule has 0 N–H and O–H groups in total. The van der Waals surface area contributed by atoms with E-state index in [9.17, 15) is 15.4 Å². The minimum atomic E-state index is -0.436. The number of aromatic nitrogens is 1.